The van der Waals surface area contributed by atoms with Crippen LogP contribution in [0.25, 0.3) is 0 Å². The Morgan fingerprint density at radius 1 is 1.14 bits per heavy atom. The largest absolute Gasteiger partial charge is 0.339 e. The molecule has 0 bridgehead atoms. The first kappa shape index (κ1) is 17.9. The molecule has 0 aromatic heterocycles. The molecule has 3 aliphatic rings. The fraction of sp³-hybridized carbons (Fsp3) is 0.250. The highest BCUT2D eigenvalue weighted by Gasteiger charge is 2.36. The van der Waals surface area contributed by atoms with Crippen molar-refractivity contribution in [3.8, 4) is 0 Å². The van der Waals surface area contributed by atoms with E-state index in [0.29, 0.717) is 16.7 Å². The summed E-state index contributed by atoms with van der Waals surface area (Å²) >= 11 is 0. The molecule has 1 fully saturated rings. The second kappa shape index (κ2) is 7.01. The number of benzene rings is 2. The first-order valence-electron chi connectivity index (χ1n) is 10.1. The Bertz CT molecular complexity index is 1060. The molecule has 0 unspecified atom stereocenters. The van der Waals surface area contributed by atoms with Crippen molar-refractivity contribution in [1.29, 1.82) is 0 Å². The average Bonchev–Trinajstić information content (AvgIpc) is 3.59. The van der Waals surface area contributed by atoms with Crippen LogP contribution in [0, 0.1) is 0 Å². The highest BCUT2D eigenvalue weighted by molar-refractivity contribution is 6.17. The molecule has 5 heteroatoms. The summed E-state index contributed by atoms with van der Waals surface area (Å²) in [7, 11) is 1.33. The smallest absolute Gasteiger partial charge is 0.276 e. The van der Waals surface area contributed by atoms with E-state index in [0.717, 1.165) is 35.4 Å². The highest BCUT2D eigenvalue weighted by atomic mass is 16.5. The summed E-state index contributed by atoms with van der Waals surface area (Å²) < 4.78 is 0. The molecule has 1 N–H and O–H groups in total. The van der Waals surface area contributed by atoms with Gasteiger partial charge in [-0.2, -0.15) is 0 Å². The van der Waals surface area contributed by atoms with Crippen LogP contribution in [0.15, 0.2) is 77.1 Å². The number of hydrogen-bond donors (Lipinski definition) is 1. The van der Waals surface area contributed by atoms with Gasteiger partial charge in [-0.1, -0.05) is 36.4 Å². The number of rotatable bonds is 3. The van der Waals surface area contributed by atoms with E-state index in [1.54, 1.807) is 12.1 Å². The van der Waals surface area contributed by atoms with Gasteiger partial charge in [0, 0.05) is 35.5 Å². The summed E-state index contributed by atoms with van der Waals surface area (Å²) in [5.41, 5.74) is 6.98. The van der Waals surface area contributed by atoms with E-state index in [-0.39, 0.29) is 0 Å². The van der Waals surface area contributed by atoms with E-state index in [1.165, 1.54) is 31.3 Å². The number of hydrogen-bond acceptors (Lipinski definition) is 4. The van der Waals surface area contributed by atoms with Crippen LogP contribution < -0.4 is 4.90 Å². The van der Waals surface area contributed by atoms with Crippen molar-refractivity contribution in [3.63, 3.8) is 0 Å². The Labute approximate surface area is 170 Å². The second-order valence-corrected chi connectivity index (χ2v) is 7.76. The summed E-state index contributed by atoms with van der Waals surface area (Å²) in [5.74, 6) is -0.431. The standard InChI is InChI=1S/C24H23N3O2/c1-26(29)24(28)17-12-10-16(11-13-17)23-19-6-2-4-8-21(19)27(18-14-15-18)22-9-5-3-7-20(22)25-23/h2-4,6-8,10-13,18,29H,5,9,14-15H2,1H3. The van der Waals surface area contributed by atoms with Gasteiger partial charge in [0.2, 0.25) is 0 Å². The van der Waals surface area contributed by atoms with E-state index in [4.69, 9.17) is 4.99 Å². The number of nitrogens with zero attached hydrogens (tertiary/aromatic N) is 3. The van der Waals surface area contributed by atoms with Crippen LogP contribution in [-0.4, -0.2) is 35.0 Å². The molecule has 1 heterocycles. The van der Waals surface area contributed by atoms with Crippen molar-refractivity contribution in [1.82, 2.24) is 5.06 Å². The lowest BCUT2D eigenvalue weighted by Gasteiger charge is -2.29. The van der Waals surface area contributed by atoms with Crippen molar-refractivity contribution in [3.05, 3.63) is 88.8 Å². The van der Waals surface area contributed by atoms with Crippen molar-refractivity contribution >= 4 is 17.3 Å². The number of amides is 1. The predicted octanol–water partition coefficient (Wildman–Crippen LogP) is 4.53. The van der Waals surface area contributed by atoms with Crippen LogP contribution in [0.4, 0.5) is 5.69 Å². The zero-order valence-corrected chi connectivity index (χ0v) is 16.4. The quantitative estimate of drug-likeness (QED) is 0.624. The van der Waals surface area contributed by atoms with Crippen LogP contribution >= 0.6 is 0 Å². The first-order chi connectivity index (χ1) is 14.1. The second-order valence-electron chi connectivity index (χ2n) is 7.76. The van der Waals surface area contributed by atoms with Gasteiger partial charge in [-0.05, 0) is 50.0 Å². The van der Waals surface area contributed by atoms with Gasteiger partial charge in [-0.3, -0.25) is 10.0 Å². The first-order valence-corrected chi connectivity index (χ1v) is 10.1. The number of carbonyl (C=O) groups excluding carboxylic acids is 1. The molecule has 1 saturated carbocycles. The van der Waals surface area contributed by atoms with Gasteiger partial charge in [0.1, 0.15) is 0 Å². The Morgan fingerprint density at radius 3 is 2.62 bits per heavy atom. The molecule has 5 nitrogen and oxygen atoms in total. The maximum atomic E-state index is 12.0. The van der Waals surface area contributed by atoms with Crippen molar-refractivity contribution < 1.29 is 10.0 Å². The molecule has 2 aliphatic carbocycles. The molecule has 2 aromatic carbocycles. The molecule has 0 atom stereocenters. The van der Waals surface area contributed by atoms with Gasteiger partial charge in [-0.15, -0.1) is 0 Å². The molecule has 146 valence electrons. The molecule has 1 aliphatic heterocycles. The molecule has 1 amide bonds. The third kappa shape index (κ3) is 3.17. The van der Waals surface area contributed by atoms with E-state index >= 15 is 0 Å². The average molecular weight is 385 g/mol. The van der Waals surface area contributed by atoms with Crippen LogP contribution in [0.3, 0.4) is 0 Å². The Hall–Kier alpha value is -3.18. The fourth-order valence-corrected chi connectivity index (χ4v) is 4.12. The van der Waals surface area contributed by atoms with Gasteiger partial charge < -0.3 is 4.90 Å². The maximum absolute atomic E-state index is 12.0. The minimum absolute atomic E-state index is 0.431. The minimum Gasteiger partial charge on any atom is -0.339 e. The number of anilines is 1. The summed E-state index contributed by atoms with van der Waals surface area (Å²) in [6.45, 7) is 0. The third-order valence-corrected chi connectivity index (χ3v) is 5.67. The van der Waals surface area contributed by atoms with Gasteiger partial charge in [0.15, 0.2) is 0 Å². The van der Waals surface area contributed by atoms with Crippen molar-refractivity contribution in [2.45, 2.75) is 31.7 Å². The number of allylic oxidation sites excluding steroid dienone is 3. The zero-order valence-electron chi connectivity index (χ0n) is 16.4. The summed E-state index contributed by atoms with van der Waals surface area (Å²) in [6.07, 6.45) is 8.81. The van der Waals surface area contributed by atoms with Crippen LogP contribution in [0.1, 0.15) is 47.2 Å². The molecule has 5 rings (SSSR count). The zero-order chi connectivity index (χ0) is 20.0. The van der Waals surface area contributed by atoms with Crippen molar-refractivity contribution in [2.75, 3.05) is 11.9 Å². The molecular formula is C24H23N3O2. The molecule has 29 heavy (non-hydrogen) atoms. The van der Waals surface area contributed by atoms with E-state index in [9.17, 15) is 10.0 Å². The molecular weight excluding hydrogens is 362 g/mol. The number of aliphatic imine (C=N–C) groups is 1. The lowest BCUT2D eigenvalue weighted by Crippen LogP contribution is -2.27. The lowest BCUT2D eigenvalue weighted by molar-refractivity contribution is -0.0374. The maximum Gasteiger partial charge on any atom is 0.276 e. The summed E-state index contributed by atoms with van der Waals surface area (Å²) in [5, 5.41) is 10.0. The fourth-order valence-electron chi connectivity index (χ4n) is 4.12. The third-order valence-electron chi connectivity index (χ3n) is 5.67. The predicted molar refractivity (Wildman–Crippen MR) is 113 cm³/mol. The van der Waals surface area contributed by atoms with Gasteiger partial charge in [0.25, 0.3) is 5.91 Å². The Balaban J connectivity index is 1.65. The summed E-state index contributed by atoms with van der Waals surface area (Å²) in [4.78, 5) is 19.6. The minimum atomic E-state index is -0.431. The number of para-hydroxylation sites is 1. The molecule has 2 aromatic rings. The van der Waals surface area contributed by atoms with Crippen LogP contribution in [0.5, 0.6) is 0 Å². The monoisotopic (exact) mass is 385 g/mol. The van der Waals surface area contributed by atoms with Gasteiger partial charge in [-0.25, -0.2) is 10.1 Å². The number of carbonyl (C=O) groups is 1. The molecule has 0 saturated heterocycles. The van der Waals surface area contributed by atoms with E-state index < -0.39 is 5.91 Å². The Morgan fingerprint density at radius 2 is 1.90 bits per heavy atom. The normalized spacial score (nSPS) is 18.0. The van der Waals surface area contributed by atoms with Gasteiger partial charge in [0.05, 0.1) is 17.1 Å². The SMILES string of the molecule is CN(O)C(=O)c1ccc(C2=NC3=C(CCC=C3)N(C3CC3)c3ccccc32)cc1. The van der Waals surface area contributed by atoms with Gasteiger partial charge >= 0.3 is 0 Å². The summed E-state index contributed by atoms with van der Waals surface area (Å²) in [6, 6.07) is 16.3. The highest BCUT2D eigenvalue weighted by Crippen LogP contribution is 2.42. The Kier molecular flexibility index (Phi) is 4.32. The number of hydroxylamine groups is 2. The molecule has 0 radical (unpaired) electrons. The van der Waals surface area contributed by atoms with E-state index in [2.05, 4.69) is 41.3 Å². The topological polar surface area (TPSA) is 56.1 Å². The van der Waals surface area contributed by atoms with Crippen molar-refractivity contribution in [2.24, 2.45) is 4.99 Å². The lowest BCUT2D eigenvalue weighted by atomic mass is 9.98. The van der Waals surface area contributed by atoms with Crippen LogP contribution in [0.2, 0.25) is 0 Å². The van der Waals surface area contributed by atoms with E-state index in [1.807, 2.05) is 12.1 Å². The molecule has 0 spiro atoms. The van der Waals surface area contributed by atoms with Crippen LogP contribution in [-0.2, 0) is 0 Å². The number of fused-ring (bicyclic) bond motifs is 1.